The summed E-state index contributed by atoms with van der Waals surface area (Å²) < 4.78 is 17.7. The van der Waals surface area contributed by atoms with Crippen LogP contribution in [0.2, 0.25) is 0 Å². The summed E-state index contributed by atoms with van der Waals surface area (Å²) in [5.74, 6) is 1.23. The fourth-order valence-electron chi connectivity index (χ4n) is 3.91. The van der Waals surface area contributed by atoms with Crippen molar-refractivity contribution in [3.05, 3.63) is 59.1 Å². The molecule has 0 unspecified atom stereocenters. The first-order valence-corrected chi connectivity index (χ1v) is 8.69. The number of hydrogen-bond acceptors (Lipinski definition) is 4. The molecule has 3 rings (SSSR count). The van der Waals surface area contributed by atoms with Gasteiger partial charge in [-0.05, 0) is 51.3 Å². The van der Waals surface area contributed by atoms with E-state index in [1.165, 1.54) is 0 Å². The van der Waals surface area contributed by atoms with Crippen molar-refractivity contribution < 1.29 is 18.7 Å². The van der Waals surface area contributed by atoms with Crippen molar-refractivity contribution in [2.45, 2.75) is 51.7 Å². The minimum atomic E-state index is -0.360. The third-order valence-corrected chi connectivity index (χ3v) is 5.25. The molecule has 134 valence electrons. The summed E-state index contributed by atoms with van der Waals surface area (Å²) in [6, 6.07) is 2.01. The van der Waals surface area contributed by atoms with Crippen LogP contribution in [0.4, 0.5) is 0 Å². The number of methoxy groups -OCH3 is 1. The normalized spacial score (nSPS) is 28.8. The average Bonchev–Trinajstić information content (AvgIpc) is 3.05. The number of esters is 1. The first-order chi connectivity index (χ1) is 11.8. The van der Waals surface area contributed by atoms with Gasteiger partial charge < -0.3 is 13.9 Å². The molecule has 4 atom stereocenters. The topological polar surface area (TPSA) is 48.7 Å². The lowest BCUT2D eigenvalue weighted by Crippen LogP contribution is -2.20. The maximum Gasteiger partial charge on any atom is 0.334 e. The van der Waals surface area contributed by atoms with Gasteiger partial charge in [0.2, 0.25) is 0 Å². The first kappa shape index (κ1) is 17.7. The minimum absolute atomic E-state index is 0.0665. The maximum absolute atomic E-state index is 12.3. The molecule has 2 aliphatic rings. The van der Waals surface area contributed by atoms with Gasteiger partial charge in [0.15, 0.2) is 0 Å². The van der Waals surface area contributed by atoms with Crippen molar-refractivity contribution in [1.29, 1.82) is 0 Å². The fourth-order valence-corrected chi connectivity index (χ4v) is 3.91. The molecule has 3 heterocycles. The molecular formula is C21H26O4. The molecule has 0 spiro atoms. The molecular weight excluding hydrogens is 318 g/mol. The second-order valence-corrected chi connectivity index (χ2v) is 7.23. The number of fused-ring (bicyclic) bond motifs is 3. The molecule has 4 bridgehead atoms. The van der Waals surface area contributed by atoms with Crippen molar-refractivity contribution in [2.24, 2.45) is 5.92 Å². The van der Waals surface area contributed by atoms with Crippen LogP contribution in [0.1, 0.15) is 55.8 Å². The second-order valence-electron chi connectivity index (χ2n) is 7.23. The highest BCUT2D eigenvalue weighted by Gasteiger charge is 2.38. The highest BCUT2D eigenvalue weighted by atomic mass is 18.3. The van der Waals surface area contributed by atoms with Crippen LogP contribution < -0.4 is 0 Å². The standard InChI is InChI=1S/C21H26O4/c1-11(2)15-8-7-14-10-17(25-21(14)22)18(12(3)4)16-9-13(5)19(24-16)20(15)23-6/h9-10,15,17-18,20H,1,3,7-8H2,2,4-6H3/t15-,17+,18-,20-/m0/s1/i23+2. The molecule has 4 heteroatoms. The quantitative estimate of drug-likeness (QED) is 0.450. The van der Waals surface area contributed by atoms with E-state index in [4.69, 9.17) is 13.9 Å². The highest BCUT2D eigenvalue weighted by Crippen LogP contribution is 2.43. The van der Waals surface area contributed by atoms with E-state index in [0.717, 1.165) is 40.2 Å². The molecule has 25 heavy (non-hydrogen) atoms. The van der Waals surface area contributed by atoms with Gasteiger partial charge in [-0.2, -0.15) is 0 Å². The number of aryl methyl sites for hydroxylation is 1. The third-order valence-electron chi connectivity index (χ3n) is 5.25. The number of furan rings is 1. The summed E-state index contributed by atoms with van der Waals surface area (Å²) in [5.41, 5.74) is 3.68. The summed E-state index contributed by atoms with van der Waals surface area (Å²) in [5, 5.41) is 0. The van der Waals surface area contributed by atoms with Crippen LogP contribution in [0.5, 0.6) is 0 Å². The molecule has 0 saturated heterocycles. The predicted molar refractivity (Wildman–Crippen MR) is 96.3 cm³/mol. The molecule has 0 saturated carbocycles. The van der Waals surface area contributed by atoms with Crippen LogP contribution in [0.15, 0.2) is 46.4 Å². The van der Waals surface area contributed by atoms with Gasteiger partial charge in [-0.3, -0.25) is 0 Å². The van der Waals surface area contributed by atoms with E-state index in [0.29, 0.717) is 6.42 Å². The van der Waals surface area contributed by atoms with E-state index in [2.05, 4.69) is 13.2 Å². The molecule has 0 radical (unpaired) electrons. The smallest absolute Gasteiger partial charge is 0.334 e. The van der Waals surface area contributed by atoms with Crippen molar-refractivity contribution in [2.75, 3.05) is 7.11 Å². The van der Waals surface area contributed by atoms with E-state index in [1.54, 1.807) is 7.11 Å². The molecule has 4 nitrogen and oxygen atoms in total. The summed E-state index contributed by atoms with van der Waals surface area (Å²) in [4.78, 5) is 12.3. The Balaban J connectivity index is 2.15. The Morgan fingerprint density at radius 1 is 1.28 bits per heavy atom. The molecule has 0 N–H and O–H groups in total. The van der Waals surface area contributed by atoms with Gasteiger partial charge in [-0.25, -0.2) is 4.79 Å². The van der Waals surface area contributed by atoms with Gasteiger partial charge in [0.25, 0.3) is 0 Å². The van der Waals surface area contributed by atoms with Gasteiger partial charge in [0, 0.05) is 18.6 Å². The van der Waals surface area contributed by atoms with Gasteiger partial charge in [0.05, 0.1) is 5.92 Å². The molecule has 0 aromatic carbocycles. The van der Waals surface area contributed by atoms with Crippen molar-refractivity contribution in [1.82, 2.24) is 0 Å². The van der Waals surface area contributed by atoms with Crippen LogP contribution in [0.25, 0.3) is 0 Å². The lowest BCUT2D eigenvalue weighted by atomic mass is 9.86. The minimum Gasteiger partial charge on any atom is -0.462 e. The predicted octanol–water partition coefficient (Wildman–Crippen LogP) is 4.77. The Morgan fingerprint density at radius 3 is 2.60 bits per heavy atom. The van der Waals surface area contributed by atoms with E-state index >= 15 is 0 Å². The zero-order valence-corrected chi connectivity index (χ0v) is 15.4. The van der Waals surface area contributed by atoms with E-state index < -0.39 is 0 Å². The Labute approximate surface area is 149 Å². The number of rotatable bonds is 3. The van der Waals surface area contributed by atoms with Gasteiger partial charge in [-0.15, -0.1) is 0 Å². The van der Waals surface area contributed by atoms with Crippen LogP contribution in [0.3, 0.4) is 0 Å². The van der Waals surface area contributed by atoms with Crippen molar-refractivity contribution in [3.8, 4) is 0 Å². The lowest BCUT2D eigenvalue weighted by molar-refractivity contribution is -0.140. The molecule has 0 aliphatic carbocycles. The van der Waals surface area contributed by atoms with E-state index in [1.807, 2.05) is 32.9 Å². The molecule has 0 fully saturated rings. The van der Waals surface area contributed by atoms with Crippen molar-refractivity contribution >= 4 is 5.97 Å². The zero-order valence-electron chi connectivity index (χ0n) is 15.4. The maximum atomic E-state index is 12.3. The second kappa shape index (κ2) is 6.68. The van der Waals surface area contributed by atoms with Gasteiger partial charge in [0.1, 0.15) is 23.7 Å². The summed E-state index contributed by atoms with van der Waals surface area (Å²) in [6.07, 6.45) is 2.75. The number of carbonyl (C=O) groups is 1. The largest absolute Gasteiger partial charge is 0.462 e. The molecule has 2 aliphatic heterocycles. The Hall–Kier alpha value is -2.07. The fraction of sp³-hybridized carbons (Fsp3) is 0.476. The van der Waals surface area contributed by atoms with Gasteiger partial charge in [-0.1, -0.05) is 24.3 Å². The van der Waals surface area contributed by atoms with Crippen LogP contribution in [-0.4, -0.2) is 19.2 Å². The summed E-state index contributed by atoms with van der Waals surface area (Å²) >= 11 is 0. The van der Waals surface area contributed by atoms with Crippen LogP contribution >= 0.6 is 0 Å². The molecule has 1 aromatic rings. The summed E-state index contributed by atoms with van der Waals surface area (Å²) in [6.45, 7) is 14.2. The summed E-state index contributed by atoms with van der Waals surface area (Å²) in [7, 11) is 1.69. The number of hydrogen-bond donors (Lipinski definition) is 0. The Bertz CT molecular complexity index is 752. The molecule has 1 aromatic heterocycles. The SMILES string of the molecule is C=C(C)[C@@H]1CCC2=C[C@@H](OC2=O)[C@@H](C(=C)C)c2cc(C)c(o2)[C@H]1[18O]C. The Morgan fingerprint density at radius 2 is 2.00 bits per heavy atom. The third kappa shape index (κ3) is 3.11. The van der Waals surface area contributed by atoms with E-state index in [9.17, 15) is 4.79 Å². The first-order valence-electron chi connectivity index (χ1n) is 8.69. The molecule has 0 amide bonds. The average molecular weight is 344 g/mol. The van der Waals surface area contributed by atoms with E-state index in [-0.39, 0.29) is 30.0 Å². The van der Waals surface area contributed by atoms with Crippen LogP contribution in [0, 0.1) is 12.8 Å². The zero-order chi connectivity index (χ0) is 18.3. The number of carbonyl (C=O) groups excluding carboxylic acids is 1. The van der Waals surface area contributed by atoms with Gasteiger partial charge >= 0.3 is 5.97 Å². The van der Waals surface area contributed by atoms with Crippen molar-refractivity contribution in [3.63, 3.8) is 0 Å². The Kier molecular flexibility index (Phi) is 4.74. The highest BCUT2D eigenvalue weighted by molar-refractivity contribution is 5.91. The van der Waals surface area contributed by atoms with Crippen LogP contribution in [-0.2, 0) is 14.3 Å². The number of ether oxygens (including phenoxy) is 2. The monoisotopic (exact) mass is 344 g/mol. The lowest BCUT2D eigenvalue weighted by Gasteiger charge is -2.26.